The molecule has 0 bridgehead atoms. The minimum atomic E-state index is 0.556. The van der Waals surface area contributed by atoms with E-state index in [4.69, 9.17) is 5.73 Å². The summed E-state index contributed by atoms with van der Waals surface area (Å²) in [5, 5.41) is 0. The lowest BCUT2D eigenvalue weighted by Gasteiger charge is -2.09. The van der Waals surface area contributed by atoms with E-state index in [9.17, 15) is 0 Å². The molecule has 1 aliphatic rings. The second-order valence-corrected chi connectivity index (χ2v) is 3.77. The first-order valence-electron chi connectivity index (χ1n) is 5.05. The summed E-state index contributed by atoms with van der Waals surface area (Å²) >= 11 is 0. The van der Waals surface area contributed by atoms with Crippen molar-refractivity contribution in [3.8, 4) is 0 Å². The fourth-order valence-corrected chi connectivity index (χ4v) is 2.12. The molecule has 0 aromatic carbocycles. The summed E-state index contributed by atoms with van der Waals surface area (Å²) in [5.74, 6) is 0.772. The molecule has 70 valence electrons. The Kier molecular flexibility index (Phi) is 2.60. The normalized spacial score (nSPS) is 17.9. The maximum atomic E-state index is 5.55. The van der Waals surface area contributed by atoms with Crippen molar-refractivity contribution in [2.45, 2.75) is 38.1 Å². The molecule has 1 aromatic heterocycles. The number of rotatable bonds is 2. The average Bonchev–Trinajstić information content (AvgIpc) is 2.71. The second-order valence-electron chi connectivity index (χ2n) is 3.77. The molecule has 1 aliphatic carbocycles. The van der Waals surface area contributed by atoms with Crippen molar-refractivity contribution in [2.75, 3.05) is 0 Å². The maximum absolute atomic E-state index is 5.55. The molecule has 0 amide bonds. The summed E-state index contributed by atoms with van der Waals surface area (Å²) < 4.78 is 0. The predicted octanol–water partition coefficient (Wildman–Crippen LogP) is 2.20. The molecule has 2 nitrogen and oxygen atoms in total. The summed E-state index contributed by atoms with van der Waals surface area (Å²) in [7, 11) is 0. The van der Waals surface area contributed by atoms with Gasteiger partial charge < -0.3 is 5.73 Å². The van der Waals surface area contributed by atoms with Gasteiger partial charge in [0.1, 0.15) is 0 Å². The number of aromatic nitrogens is 1. The summed E-state index contributed by atoms with van der Waals surface area (Å²) in [6, 6.07) is 4.30. The van der Waals surface area contributed by atoms with Crippen molar-refractivity contribution >= 4 is 0 Å². The first-order valence-corrected chi connectivity index (χ1v) is 5.05. The van der Waals surface area contributed by atoms with Crippen LogP contribution in [0.2, 0.25) is 0 Å². The highest BCUT2D eigenvalue weighted by Gasteiger charge is 2.16. The highest BCUT2D eigenvalue weighted by atomic mass is 14.7. The molecule has 0 spiro atoms. The van der Waals surface area contributed by atoms with E-state index in [1.165, 1.54) is 31.2 Å². The van der Waals surface area contributed by atoms with Crippen molar-refractivity contribution in [3.05, 3.63) is 29.6 Å². The van der Waals surface area contributed by atoms with Gasteiger partial charge in [0.05, 0.1) is 5.69 Å². The highest BCUT2D eigenvalue weighted by Crippen LogP contribution is 2.33. The van der Waals surface area contributed by atoms with Crippen LogP contribution >= 0.6 is 0 Å². The van der Waals surface area contributed by atoms with Gasteiger partial charge in [0.2, 0.25) is 0 Å². The molecule has 0 aliphatic heterocycles. The van der Waals surface area contributed by atoms with Crippen LogP contribution in [0.5, 0.6) is 0 Å². The Morgan fingerprint density at radius 3 is 2.85 bits per heavy atom. The molecule has 0 unspecified atom stereocenters. The van der Waals surface area contributed by atoms with Gasteiger partial charge in [-0.25, -0.2) is 0 Å². The van der Waals surface area contributed by atoms with E-state index in [0.717, 1.165) is 11.6 Å². The molecule has 2 heteroatoms. The average molecular weight is 176 g/mol. The molecular formula is C11H16N2. The Morgan fingerprint density at radius 1 is 1.38 bits per heavy atom. The molecule has 1 heterocycles. The van der Waals surface area contributed by atoms with Crippen LogP contribution in [-0.4, -0.2) is 4.98 Å². The van der Waals surface area contributed by atoms with Crippen LogP contribution in [0.25, 0.3) is 0 Å². The molecule has 1 aromatic rings. The van der Waals surface area contributed by atoms with Gasteiger partial charge in [-0.3, -0.25) is 4.98 Å². The zero-order valence-electron chi connectivity index (χ0n) is 7.87. The van der Waals surface area contributed by atoms with Crippen LogP contribution in [0.15, 0.2) is 18.3 Å². The van der Waals surface area contributed by atoms with E-state index in [-0.39, 0.29) is 0 Å². The lowest BCUT2D eigenvalue weighted by atomic mass is 9.98. The Bertz CT molecular complexity index is 277. The number of pyridine rings is 1. The van der Waals surface area contributed by atoms with Crippen LogP contribution in [0.4, 0.5) is 0 Å². The Balaban J connectivity index is 2.18. The molecular weight excluding hydrogens is 160 g/mol. The largest absolute Gasteiger partial charge is 0.325 e. The minimum absolute atomic E-state index is 0.556. The van der Waals surface area contributed by atoms with Gasteiger partial charge in [0.25, 0.3) is 0 Å². The molecule has 1 saturated carbocycles. The van der Waals surface area contributed by atoms with E-state index in [0.29, 0.717) is 6.54 Å². The Labute approximate surface area is 79.2 Å². The first kappa shape index (κ1) is 8.70. The lowest BCUT2D eigenvalue weighted by molar-refractivity contribution is 0.719. The third-order valence-corrected chi connectivity index (χ3v) is 2.88. The molecule has 0 radical (unpaired) electrons. The molecule has 0 saturated heterocycles. The van der Waals surface area contributed by atoms with Crippen LogP contribution < -0.4 is 5.73 Å². The van der Waals surface area contributed by atoms with Gasteiger partial charge in [0.15, 0.2) is 0 Å². The topological polar surface area (TPSA) is 38.9 Å². The van der Waals surface area contributed by atoms with Gasteiger partial charge in [-0.2, -0.15) is 0 Å². The smallest absolute Gasteiger partial charge is 0.0542 e. The fourth-order valence-electron chi connectivity index (χ4n) is 2.12. The fraction of sp³-hybridized carbons (Fsp3) is 0.545. The van der Waals surface area contributed by atoms with E-state index in [2.05, 4.69) is 17.1 Å². The summed E-state index contributed by atoms with van der Waals surface area (Å²) in [6.45, 7) is 0.556. The third-order valence-electron chi connectivity index (χ3n) is 2.88. The number of hydrogen-bond acceptors (Lipinski definition) is 2. The zero-order valence-corrected chi connectivity index (χ0v) is 7.87. The Morgan fingerprint density at radius 2 is 2.15 bits per heavy atom. The quantitative estimate of drug-likeness (QED) is 0.750. The summed E-state index contributed by atoms with van der Waals surface area (Å²) in [5.41, 5.74) is 8.01. The van der Waals surface area contributed by atoms with Gasteiger partial charge in [-0.15, -0.1) is 0 Å². The molecule has 0 atom stereocenters. The summed E-state index contributed by atoms with van der Waals surface area (Å²) in [6.07, 6.45) is 7.33. The third kappa shape index (κ3) is 1.89. The van der Waals surface area contributed by atoms with Gasteiger partial charge in [0, 0.05) is 12.7 Å². The van der Waals surface area contributed by atoms with Crippen molar-refractivity contribution in [1.82, 2.24) is 4.98 Å². The van der Waals surface area contributed by atoms with E-state index in [1.807, 2.05) is 6.20 Å². The number of nitrogens with zero attached hydrogens (tertiary/aromatic N) is 1. The van der Waals surface area contributed by atoms with Gasteiger partial charge >= 0.3 is 0 Å². The predicted molar refractivity (Wildman–Crippen MR) is 53.3 cm³/mol. The SMILES string of the molecule is NCc1cc(C2CCCC2)ccn1. The van der Waals surface area contributed by atoms with E-state index in [1.54, 1.807) is 0 Å². The molecule has 13 heavy (non-hydrogen) atoms. The summed E-state index contributed by atoms with van der Waals surface area (Å²) in [4.78, 5) is 4.20. The van der Waals surface area contributed by atoms with Crippen molar-refractivity contribution < 1.29 is 0 Å². The molecule has 1 fully saturated rings. The van der Waals surface area contributed by atoms with Crippen LogP contribution in [0, 0.1) is 0 Å². The van der Waals surface area contributed by atoms with Crippen LogP contribution in [0.3, 0.4) is 0 Å². The van der Waals surface area contributed by atoms with Crippen LogP contribution in [-0.2, 0) is 6.54 Å². The molecule has 2 N–H and O–H groups in total. The van der Waals surface area contributed by atoms with E-state index >= 15 is 0 Å². The van der Waals surface area contributed by atoms with Gasteiger partial charge in [-0.05, 0) is 36.5 Å². The van der Waals surface area contributed by atoms with Gasteiger partial charge in [-0.1, -0.05) is 12.8 Å². The first-order chi connectivity index (χ1) is 6.40. The van der Waals surface area contributed by atoms with Crippen molar-refractivity contribution in [2.24, 2.45) is 5.73 Å². The minimum Gasteiger partial charge on any atom is -0.325 e. The van der Waals surface area contributed by atoms with E-state index < -0.39 is 0 Å². The monoisotopic (exact) mass is 176 g/mol. The van der Waals surface area contributed by atoms with Crippen molar-refractivity contribution in [1.29, 1.82) is 0 Å². The number of hydrogen-bond donors (Lipinski definition) is 1. The maximum Gasteiger partial charge on any atom is 0.0542 e. The number of nitrogens with two attached hydrogens (primary N) is 1. The van der Waals surface area contributed by atoms with Crippen molar-refractivity contribution in [3.63, 3.8) is 0 Å². The highest BCUT2D eigenvalue weighted by molar-refractivity contribution is 5.21. The second kappa shape index (κ2) is 3.88. The zero-order chi connectivity index (χ0) is 9.10. The molecule has 2 rings (SSSR count). The standard InChI is InChI=1S/C11H16N2/c12-8-11-7-10(5-6-13-11)9-3-1-2-4-9/h5-7,9H,1-4,8,12H2. The lowest BCUT2D eigenvalue weighted by Crippen LogP contribution is -2.01. The Hall–Kier alpha value is -0.890. The van der Waals surface area contributed by atoms with Crippen LogP contribution in [0.1, 0.15) is 42.9 Å².